The molecule has 162 valence electrons. The van der Waals surface area contributed by atoms with Crippen molar-refractivity contribution in [2.24, 2.45) is 0 Å². The maximum atomic E-state index is 12.7. The van der Waals surface area contributed by atoms with Crippen molar-refractivity contribution < 1.29 is 14.3 Å². The van der Waals surface area contributed by atoms with Crippen LogP contribution in [0.5, 0.6) is 0 Å². The van der Waals surface area contributed by atoms with Crippen LogP contribution in [0.1, 0.15) is 35.6 Å². The van der Waals surface area contributed by atoms with Gasteiger partial charge in [-0.05, 0) is 30.7 Å². The summed E-state index contributed by atoms with van der Waals surface area (Å²) in [6.45, 7) is 3.42. The fourth-order valence-electron chi connectivity index (χ4n) is 3.25. The number of hydrogen-bond donors (Lipinski definition) is 0. The summed E-state index contributed by atoms with van der Waals surface area (Å²) < 4.78 is 7.13. The van der Waals surface area contributed by atoms with Gasteiger partial charge in [-0.25, -0.2) is 19.4 Å². The number of benzene rings is 1. The minimum atomic E-state index is -0.481. The van der Waals surface area contributed by atoms with E-state index in [1.165, 1.54) is 29.4 Å². The van der Waals surface area contributed by atoms with E-state index in [2.05, 4.69) is 15.1 Å². The Balaban J connectivity index is 1.48. The number of anilines is 2. The van der Waals surface area contributed by atoms with E-state index in [-0.39, 0.29) is 12.5 Å². The quantitative estimate of drug-likeness (QED) is 0.392. The van der Waals surface area contributed by atoms with E-state index in [4.69, 9.17) is 4.74 Å². The van der Waals surface area contributed by atoms with Crippen LogP contribution < -0.4 is 4.90 Å². The highest BCUT2D eigenvalue weighted by Gasteiger charge is 2.21. The Hall–Kier alpha value is -3.85. The van der Waals surface area contributed by atoms with Crippen molar-refractivity contribution in [1.82, 2.24) is 19.7 Å². The second-order valence-electron chi connectivity index (χ2n) is 6.85. The minimum Gasteiger partial charge on any atom is -0.455 e. The van der Waals surface area contributed by atoms with Crippen molar-refractivity contribution in [3.63, 3.8) is 0 Å². The van der Waals surface area contributed by atoms with Gasteiger partial charge in [0, 0.05) is 18.5 Å². The van der Waals surface area contributed by atoms with Gasteiger partial charge in [0.05, 0.1) is 23.3 Å². The zero-order valence-corrected chi connectivity index (χ0v) is 18.5. The topological polar surface area (TPSA) is 90.2 Å². The summed E-state index contributed by atoms with van der Waals surface area (Å²) in [5.41, 5.74) is 2.41. The predicted octanol–water partition coefficient (Wildman–Crippen LogP) is 4.33. The molecule has 1 amide bonds. The first-order chi connectivity index (χ1) is 15.6. The number of amides is 1. The van der Waals surface area contributed by atoms with Gasteiger partial charge in [0.1, 0.15) is 12.2 Å². The van der Waals surface area contributed by atoms with E-state index in [9.17, 15) is 9.59 Å². The van der Waals surface area contributed by atoms with E-state index in [1.54, 1.807) is 16.3 Å². The number of nitrogens with zero attached hydrogens (tertiary/aromatic N) is 5. The number of hydrogen-bond acceptors (Lipinski definition) is 7. The molecule has 9 heteroatoms. The summed E-state index contributed by atoms with van der Waals surface area (Å²) in [4.78, 5) is 35.2. The standard InChI is InChI=1S/C23H21N5O3S/c1-3-20-19(13-25-28(20)21-11-7-8-12-24-21)22(30)31-14-17-15-32-23(26-17)27(16(2)29)18-9-5-4-6-10-18/h4-13,15H,3,14H2,1-2H3. The lowest BCUT2D eigenvalue weighted by atomic mass is 10.2. The van der Waals surface area contributed by atoms with E-state index in [0.29, 0.717) is 28.6 Å². The van der Waals surface area contributed by atoms with Crippen LogP contribution in [0.3, 0.4) is 0 Å². The number of carbonyl (C=O) groups is 2. The van der Waals surface area contributed by atoms with Gasteiger partial charge < -0.3 is 4.74 Å². The molecule has 32 heavy (non-hydrogen) atoms. The third-order valence-electron chi connectivity index (χ3n) is 4.70. The Morgan fingerprint density at radius 3 is 2.59 bits per heavy atom. The highest BCUT2D eigenvalue weighted by Crippen LogP contribution is 2.29. The highest BCUT2D eigenvalue weighted by molar-refractivity contribution is 7.14. The van der Waals surface area contributed by atoms with Gasteiger partial charge in [0.2, 0.25) is 5.91 Å². The van der Waals surface area contributed by atoms with Crippen LogP contribution in [0, 0.1) is 0 Å². The largest absolute Gasteiger partial charge is 0.455 e. The van der Waals surface area contributed by atoms with E-state index >= 15 is 0 Å². The van der Waals surface area contributed by atoms with Crippen LogP contribution in [-0.4, -0.2) is 31.6 Å². The van der Waals surface area contributed by atoms with Crippen molar-refractivity contribution in [2.45, 2.75) is 26.9 Å². The maximum absolute atomic E-state index is 12.7. The molecule has 0 unspecified atom stereocenters. The van der Waals surface area contributed by atoms with E-state index < -0.39 is 5.97 Å². The zero-order valence-electron chi connectivity index (χ0n) is 17.6. The zero-order chi connectivity index (χ0) is 22.5. The Kier molecular flexibility index (Phi) is 6.37. The Morgan fingerprint density at radius 1 is 1.12 bits per heavy atom. The first-order valence-corrected chi connectivity index (χ1v) is 10.9. The monoisotopic (exact) mass is 447 g/mol. The molecular formula is C23H21N5O3S. The molecule has 4 aromatic rings. The van der Waals surface area contributed by atoms with Crippen LogP contribution in [0.2, 0.25) is 0 Å². The normalized spacial score (nSPS) is 10.7. The van der Waals surface area contributed by atoms with Gasteiger partial charge in [-0.1, -0.05) is 31.2 Å². The van der Waals surface area contributed by atoms with Crippen molar-refractivity contribution in [3.8, 4) is 5.82 Å². The summed E-state index contributed by atoms with van der Waals surface area (Å²) in [7, 11) is 0. The number of carbonyl (C=O) groups excluding carboxylic acids is 2. The van der Waals surface area contributed by atoms with Gasteiger partial charge in [0.25, 0.3) is 0 Å². The number of rotatable bonds is 7. The van der Waals surface area contributed by atoms with Crippen molar-refractivity contribution in [1.29, 1.82) is 0 Å². The maximum Gasteiger partial charge on any atom is 0.342 e. The molecule has 0 saturated carbocycles. The summed E-state index contributed by atoms with van der Waals surface area (Å²) >= 11 is 1.32. The minimum absolute atomic E-state index is 0.00616. The average molecular weight is 448 g/mol. The number of ether oxygens (including phenoxy) is 1. The highest BCUT2D eigenvalue weighted by atomic mass is 32.1. The molecule has 4 rings (SSSR count). The molecular weight excluding hydrogens is 426 g/mol. The molecule has 1 aromatic carbocycles. The summed E-state index contributed by atoms with van der Waals surface area (Å²) in [6, 6.07) is 14.8. The number of aromatic nitrogens is 4. The number of esters is 1. The van der Waals surface area contributed by atoms with Gasteiger partial charge in [0.15, 0.2) is 10.9 Å². The predicted molar refractivity (Wildman–Crippen MR) is 121 cm³/mol. The molecule has 3 heterocycles. The first-order valence-electron chi connectivity index (χ1n) is 10.0. The Labute approximate surface area is 189 Å². The Morgan fingerprint density at radius 2 is 1.91 bits per heavy atom. The molecule has 0 saturated heterocycles. The molecule has 0 atom stereocenters. The third-order valence-corrected chi connectivity index (χ3v) is 5.58. The lowest BCUT2D eigenvalue weighted by Crippen LogP contribution is -2.22. The molecule has 0 aliphatic carbocycles. The average Bonchev–Trinajstić information content (AvgIpc) is 3.46. The van der Waals surface area contributed by atoms with Crippen LogP contribution in [0.4, 0.5) is 10.8 Å². The van der Waals surface area contributed by atoms with Crippen LogP contribution in [0.25, 0.3) is 5.82 Å². The molecule has 8 nitrogen and oxygen atoms in total. The molecule has 0 fully saturated rings. The van der Waals surface area contributed by atoms with Crippen LogP contribution in [0.15, 0.2) is 66.3 Å². The molecule has 0 spiro atoms. The fourth-order valence-corrected chi connectivity index (χ4v) is 4.12. The number of para-hydroxylation sites is 1. The fraction of sp³-hybridized carbons (Fsp3) is 0.174. The molecule has 0 aliphatic heterocycles. The van der Waals surface area contributed by atoms with Crippen LogP contribution in [-0.2, 0) is 22.6 Å². The van der Waals surface area contributed by atoms with Crippen molar-refractivity contribution in [3.05, 3.63) is 83.3 Å². The molecule has 3 aromatic heterocycles. The molecule has 0 aliphatic rings. The molecule has 0 radical (unpaired) electrons. The molecule has 0 N–H and O–H groups in total. The van der Waals surface area contributed by atoms with E-state index in [1.807, 2.05) is 55.5 Å². The lowest BCUT2D eigenvalue weighted by molar-refractivity contribution is -0.115. The van der Waals surface area contributed by atoms with Gasteiger partial charge in [-0.3, -0.25) is 9.69 Å². The van der Waals surface area contributed by atoms with Crippen LogP contribution >= 0.6 is 11.3 Å². The molecule has 0 bridgehead atoms. The van der Waals surface area contributed by atoms with E-state index in [0.717, 1.165) is 11.4 Å². The Bertz CT molecular complexity index is 1220. The first kappa shape index (κ1) is 21.4. The summed E-state index contributed by atoms with van der Waals surface area (Å²) in [5, 5.41) is 6.61. The smallest absolute Gasteiger partial charge is 0.342 e. The number of thiazole rings is 1. The van der Waals surface area contributed by atoms with Crippen molar-refractivity contribution in [2.75, 3.05) is 4.90 Å². The van der Waals surface area contributed by atoms with Gasteiger partial charge in [-0.15, -0.1) is 11.3 Å². The summed E-state index contributed by atoms with van der Waals surface area (Å²) in [6.07, 6.45) is 3.76. The van der Waals surface area contributed by atoms with Gasteiger partial charge in [-0.2, -0.15) is 5.10 Å². The van der Waals surface area contributed by atoms with Gasteiger partial charge >= 0.3 is 5.97 Å². The second-order valence-corrected chi connectivity index (χ2v) is 7.68. The lowest BCUT2D eigenvalue weighted by Gasteiger charge is -2.17. The van der Waals surface area contributed by atoms with Crippen molar-refractivity contribution >= 4 is 34.0 Å². The summed E-state index contributed by atoms with van der Waals surface area (Å²) in [5.74, 6) is 0.00598. The second kappa shape index (κ2) is 9.52. The SMILES string of the molecule is CCc1c(C(=O)OCc2csc(N(C(C)=O)c3ccccc3)n2)cnn1-c1ccccn1. The number of pyridine rings is 1. The third kappa shape index (κ3) is 4.42.